The van der Waals surface area contributed by atoms with E-state index in [2.05, 4.69) is 71.6 Å². The molecule has 1 fully saturated rings. The van der Waals surface area contributed by atoms with E-state index in [9.17, 15) is 0 Å². The lowest BCUT2D eigenvalue weighted by Gasteiger charge is -2.32. The van der Waals surface area contributed by atoms with Crippen LogP contribution >= 0.6 is 0 Å². The molecule has 1 heterocycles. The molecule has 182 valence electrons. The minimum atomic E-state index is 0.572. The number of hydrogen-bond acceptors (Lipinski definition) is 4. The van der Waals surface area contributed by atoms with Crippen molar-refractivity contribution in [2.45, 2.75) is 38.8 Å². The van der Waals surface area contributed by atoms with E-state index in [0.29, 0.717) is 12.5 Å². The lowest BCUT2D eigenvalue weighted by Crippen LogP contribution is -2.33. The summed E-state index contributed by atoms with van der Waals surface area (Å²) in [6.45, 7) is 3.93. The number of hydrogen-bond donors (Lipinski definition) is 0. The molecule has 3 aromatic carbocycles. The largest absolute Gasteiger partial charge is 0.493 e. The summed E-state index contributed by atoms with van der Waals surface area (Å²) in [5, 5.41) is 0. The van der Waals surface area contributed by atoms with Gasteiger partial charge in [-0.05, 0) is 79.1 Å². The summed E-state index contributed by atoms with van der Waals surface area (Å²) >= 11 is 0. The average molecular weight is 470 g/mol. The van der Waals surface area contributed by atoms with E-state index in [1.54, 1.807) is 14.2 Å². The van der Waals surface area contributed by atoms with Gasteiger partial charge in [-0.3, -0.25) is 4.90 Å². The molecule has 0 N–H and O–H groups in total. The zero-order chi connectivity index (χ0) is 24.0. The van der Waals surface area contributed by atoms with Crippen LogP contribution in [0.4, 0.5) is 0 Å². The molecule has 4 nitrogen and oxygen atoms in total. The van der Waals surface area contributed by atoms with Crippen molar-refractivity contribution in [2.24, 2.45) is 5.92 Å². The van der Waals surface area contributed by atoms with Gasteiger partial charge in [0.25, 0.3) is 0 Å². The minimum absolute atomic E-state index is 0.572. The summed E-state index contributed by atoms with van der Waals surface area (Å²) in [4.78, 5) is 2.59. The highest BCUT2D eigenvalue weighted by Gasteiger charge is 2.29. The Morgan fingerprint density at radius 1 is 0.800 bits per heavy atom. The van der Waals surface area contributed by atoms with Gasteiger partial charge in [0.15, 0.2) is 11.5 Å². The van der Waals surface area contributed by atoms with Crippen molar-refractivity contribution in [2.75, 3.05) is 27.3 Å². The first-order valence-electron chi connectivity index (χ1n) is 12.6. The van der Waals surface area contributed by atoms with Crippen LogP contribution in [0.15, 0.2) is 78.4 Å². The Labute approximate surface area is 209 Å². The van der Waals surface area contributed by atoms with E-state index in [-0.39, 0.29) is 0 Å². The van der Waals surface area contributed by atoms with Crippen molar-refractivity contribution in [1.82, 2.24) is 4.90 Å². The van der Waals surface area contributed by atoms with Crippen LogP contribution in [0.5, 0.6) is 11.5 Å². The van der Waals surface area contributed by atoms with Crippen LogP contribution in [0, 0.1) is 5.92 Å². The number of fused-ring (bicyclic) bond motifs is 1. The molecule has 3 aromatic rings. The van der Waals surface area contributed by atoms with Gasteiger partial charge >= 0.3 is 0 Å². The third kappa shape index (κ3) is 5.54. The second kappa shape index (κ2) is 11.0. The van der Waals surface area contributed by atoms with E-state index in [0.717, 1.165) is 55.3 Å². The first-order chi connectivity index (χ1) is 17.2. The van der Waals surface area contributed by atoms with Gasteiger partial charge in [-0.2, -0.15) is 0 Å². The fraction of sp³-hybridized carbons (Fsp3) is 0.355. The molecule has 0 radical (unpaired) electrons. The number of methoxy groups -OCH3 is 2. The maximum absolute atomic E-state index is 6.52. The number of piperidine rings is 1. The summed E-state index contributed by atoms with van der Waals surface area (Å²) in [5.41, 5.74) is 6.41. The SMILES string of the molecule is COc1cc2c(cc1OC)C(OCc1ccccc1)=C(CC1CCN(Cc3ccccc3)CC1)C2. The lowest BCUT2D eigenvalue weighted by molar-refractivity contribution is 0.176. The standard InChI is InChI=1S/C31H35NO3/c1-33-29-19-26-18-27(17-23-13-15-32(16-14-23)21-24-9-5-3-6-10-24)31(28(26)20-30(29)34-2)35-22-25-11-7-4-8-12-25/h3-12,19-20,23H,13-18,21-22H2,1-2H3. The summed E-state index contributed by atoms with van der Waals surface area (Å²) in [6, 6.07) is 25.4. The van der Waals surface area contributed by atoms with Gasteiger partial charge in [0.2, 0.25) is 0 Å². The maximum Gasteiger partial charge on any atom is 0.161 e. The third-order valence-electron chi connectivity index (χ3n) is 7.30. The Kier molecular flexibility index (Phi) is 7.39. The molecule has 0 bridgehead atoms. The highest BCUT2D eigenvalue weighted by atomic mass is 16.5. The van der Waals surface area contributed by atoms with Crippen LogP contribution < -0.4 is 9.47 Å². The Balaban J connectivity index is 1.31. The van der Waals surface area contributed by atoms with E-state index in [4.69, 9.17) is 14.2 Å². The molecule has 0 amide bonds. The summed E-state index contributed by atoms with van der Waals surface area (Å²) in [7, 11) is 3.39. The Morgan fingerprint density at radius 2 is 1.43 bits per heavy atom. The molecular formula is C31H35NO3. The normalized spacial score (nSPS) is 16.3. The van der Waals surface area contributed by atoms with Crippen LogP contribution in [-0.2, 0) is 24.3 Å². The number of benzene rings is 3. The fourth-order valence-electron chi connectivity index (χ4n) is 5.39. The third-order valence-corrected chi connectivity index (χ3v) is 7.30. The van der Waals surface area contributed by atoms with Gasteiger partial charge in [-0.1, -0.05) is 60.7 Å². The zero-order valence-electron chi connectivity index (χ0n) is 20.8. The van der Waals surface area contributed by atoms with Crippen LogP contribution in [0.2, 0.25) is 0 Å². The molecule has 5 rings (SSSR count). The van der Waals surface area contributed by atoms with E-state index >= 15 is 0 Å². The molecule has 0 unspecified atom stereocenters. The highest BCUT2D eigenvalue weighted by molar-refractivity contribution is 5.74. The molecular weight excluding hydrogens is 434 g/mol. The maximum atomic E-state index is 6.52. The lowest BCUT2D eigenvalue weighted by atomic mass is 9.89. The molecule has 0 saturated carbocycles. The van der Waals surface area contributed by atoms with Crippen LogP contribution in [0.1, 0.15) is 41.5 Å². The predicted octanol–water partition coefficient (Wildman–Crippen LogP) is 6.49. The zero-order valence-corrected chi connectivity index (χ0v) is 20.8. The average Bonchev–Trinajstić information content (AvgIpc) is 3.24. The van der Waals surface area contributed by atoms with Crippen molar-refractivity contribution in [3.05, 3.63) is 101 Å². The molecule has 0 spiro atoms. The Hall–Kier alpha value is -3.24. The molecule has 1 aliphatic heterocycles. The second-order valence-corrected chi connectivity index (χ2v) is 9.66. The van der Waals surface area contributed by atoms with E-state index in [1.165, 1.54) is 35.1 Å². The summed E-state index contributed by atoms with van der Waals surface area (Å²) in [5.74, 6) is 3.26. The predicted molar refractivity (Wildman–Crippen MR) is 140 cm³/mol. The van der Waals surface area contributed by atoms with Crippen molar-refractivity contribution < 1.29 is 14.2 Å². The number of allylic oxidation sites excluding steroid dienone is 1. The molecule has 35 heavy (non-hydrogen) atoms. The van der Waals surface area contributed by atoms with Gasteiger partial charge in [-0.15, -0.1) is 0 Å². The first-order valence-corrected chi connectivity index (χ1v) is 12.6. The number of ether oxygens (including phenoxy) is 3. The van der Waals surface area contributed by atoms with Crippen molar-refractivity contribution in [3.8, 4) is 11.5 Å². The fourth-order valence-corrected chi connectivity index (χ4v) is 5.39. The second-order valence-electron chi connectivity index (χ2n) is 9.66. The highest BCUT2D eigenvalue weighted by Crippen LogP contribution is 2.43. The number of nitrogens with zero attached hydrogens (tertiary/aromatic N) is 1. The van der Waals surface area contributed by atoms with Gasteiger partial charge in [-0.25, -0.2) is 0 Å². The first kappa shape index (κ1) is 23.5. The molecule has 1 aliphatic carbocycles. The van der Waals surface area contributed by atoms with E-state index < -0.39 is 0 Å². The monoisotopic (exact) mass is 469 g/mol. The quantitative estimate of drug-likeness (QED) is 0.358. The molecule has 1 saturated heterocycles. The minimum Gasteiger partial charge on any atom is -0.493 e. The Morgan fingerprint density at radius 3 is 2.09 bits per heavy atom. The topological polar surface area (TPSA) is 30.9 Å². The molecule has 4 heteroatoms. The number of likely N-dealkylation sites (tertiary alicyclic amines) is 1. The number of rotatable bonds is 9. The van der Waals surface area contributed by atoms with Gasteiger partial charge in [0.05, 0.1) is 14.2 Å². The van der Waals surface area contributed by atoms with Crippen LogP contribution in [0.3, 0.4) is 0 Å². The van der Waals surface area contributed by atoms with Crippen molar-refractivity contribution in [1.29, 1.82) is 0 Å². The van der Waals surface area contributed by atoms with Crippen LogP contribution in [0.25, 0.3) is 5.76 Å². The summed E-state index contributed by atoms with van der Waals surface area (Å²) in [6.07, 6.45) is 4.46. The molecule has 2 aliphatic rings. The Bertz CT molecular complexity index is 1150. The molecule has 0 aromatic heterocycles. The van der Waals surface area contributed by atoms with Gasteiger partial charge in [0.1, 0.15) is 12.4 Å². The van der Waals surface area contributed by atoms with Gasteiger partial charge in [0, 0.05) is 12.1 Å². The van der Waals surface area contributed by atoms with Crippen LogP contribution in [-0.4, -0.2) is 32.2 Å². The summed E-state index contributed by atoms with van der Waals surface area (Å²) < 4.78 is 17.7. The molecule has 0 atom stereocenters. The van der Waals surface area contributed by atoms with E-state index in [1.807, 2.05) is 6.07 Å². The van der Waals surface area contributed by atoms with Crippen molar-refractivity contribution in [3.63, 3.8) is 0 Å². The van der Waals surface area contributed by atoms with Gasteiger partial charge < -0.3 is 14.2 Å². The smallest absolute Gasteiger partial charge is 0.161 e. The van der Waals surface area contributed by atoms with Crippen molar-refractivity contribution >= 4 is 5.76 Å².